The molecule has 1 heterocycles. The van der Waals surface area contributed by atoms with Crippen molar-refractivity contribution in [2.24, 2.45) is 0 Å². The Balaban J connectivity index is 1.94. The predicted octanol–water partition coefficient (Wildman–Crippen LogP) is 5.68. The Morgan fingerprint density at radius 2 is 1.59 bits per heavy atom. The van der Waals surface area contributed by atoms with E-state index in [1.807, 2.05) is 49.4 Å². The molecular weight excluding hydrogens is 375 g/mol. The second kappa shape index (κ2) is 7.35. The fraction of sp³-hybridized carbons (Fsp3) is 0.217. The van der Waals surface area contributed by atoms with Crippen LogP contribution in [-0.2, 0) is 12.6 Å². The Bertz CT molecular complexity index is 1070. The van der Waals surface area contributed by atoms with E-state index in [0.29, 0.717) is 17.7 Å². The molecule has 2 N–H and O–H groups in total. The van der Waals surface area contributed by atoms with Crippen LogP contribution in [0.2, 0.25) is 0 Å². The standard InChI is InChI=1S/C23H20F3N3/c1-14-5-7-15(8-6-14)21-19(17-12-28-22(29-13-17)23(24,25)26)4-2-3-16-11-18(27)9-10-20(16)21/h5-13H,2-4,27H2,1H3. The van der Waals surface area contributed by atoms with Gasteiger partial charge in [-0.2, -0.15) is 13.2 Å². The number of hydrogen-bond donors (Lipinski definition) is 1. The number of alkyl halides is 3. The van der Waals surface area contributed by atoms with Gasteiger partial charge in [0, 0.05) is 23.6 Å². The molecular formula is C23H20F3N3. The highest BCUT2D eigenvalue weighted by Gasteiger charge is 2.34. The lowest BCUT2D eigenvalue weighted by Gasteiger charge is -2.17. The highest BCUT2D eigenvalue weighted by molar-refractivity contribution is 5.99. The van der Waals surface area contributed by atoms with Crippen molar-refractivity contribution < 1.29 is 13.2 Å². The SMILES string of the molecule is Cc1ccc(C2=C(c3cnc(C(F)(F)F)nc3)CCCc3cc(N)ccc32)cc1. The van der Waals surface area contributed by atoms with Crippen molar-refractivity contribution in [3.63, 3.8) is 0 Å². The Labute approximate surface area is 167 Å². The van der Waals surface area contributed by atoms with Crippen LogP contribution in [0.4, 0.5) is 18.9 Å². The Morgan fingerprint density at radius 1 is 0.897 bits per heavy atom. The molecule has 1 aromatic heterocycles. The predicted molar refractivity (Wildman–Crippen MR) is 108 cm³/mol. The number of nitrogen functional groups attached to an aromatic ring is 1. The first-order valence-corrected chi connectivity index (χ1v) is 9.41. The summed E-state index contributed by atoms with van der Waals surface area (Å²) < 4.78 is 38.7. The normalized spacial score (nSPS) is 14.5. The fourth-order valence-electron chi connectivity index (χ4n) is 3.78. The molecule has 3 nitrogen and oxygen atoms in total. The van der Waals surface area contributed by atoms with Crippen LogP contribution in [0.5, 0.6) is 0 Å². The lowest BCUT2D eigenvalue weighted by Crippen LogP contribution is -2.11. The van der Waals surface area contributed by atoms with Gasteiger partial charge in [0.2, 0.25) is 5.82 Å². The van der Waals surface area contributed by atoms with Crippen LogP contribution in [0.3, 0.4) is 0 Å². The molecule has 0 aliphatic heterocycles. The van der Waals surface area contributed by atoms with E-state index in [1.165, 1.54) is 12.4 Å². The summed E-state index contributed by atoms with van der Waals surface area (Å²) in [6.07, 6.45) is 0.430. The summed E-state index contributed by atoms with van der Waals surface area (Å²) in [5, 5.41) is 0. The average Bonchev–Trinajstić information content (AvgIpc) is 2.87. The summed E-state index contributed by atoms with van der Waals surface area (Å²) in [4.78, 5) is 7.16. The van der Waals surface area contributed by atoms with Crippen LogP contribution in [0.15, 0.2) is 54.9 Å². The molecule has 3 aromatic rings. The lowest BCUT2D eigenvalue weighted by molar-refractivity contribution is -0.145. The quantitative estimate of drug-likeness (QED) is 0.568. The molecule has 1 aliphatic rings. The largest absolute Gasteiger partial charge is 0.451 e. The molecule has 0 amide bonds. The molecule has 0 spiro atoms. The van der Waals surface area contributed by atoms with Gasteiger partial charge in [0.05, 0.1) is 0 Å². The third kappa shape index (κ3) is 3.88. The van der Waals surface area contributed by atoms with Crippen LogP contribution in [0.25, 0.3) is 11.1 Å². The number of hydrogen-bond acceptors (Lipinski definition) is 3. The lowest BCUT2D eigenvalue weighted by atomic mass is 9.88. The number of aromatic nitrogens is 2. The van der Waals surface area contributed by atoms with Crippen LogP contribution in [0.1, 0.15) is 46.5 Å². The van der Waals surface area contributed by atoms with E-state index in [0.717, 1.165) is 46.2 Å². The number of nitrogens with zero attached hydrogens (tertiary/aromatic N) is 2. The molecule has 148 valence electrons. The first kappa shape index (κ1) is 19.2. The van der Waals surface area contributed by atoms with Gasteiger partial charge in [0.1, 0.15) is 0 Å². The minimum Gasteiger partial charge on any atom is -0.399 e. The molecule has 0 fully saturated rings. The van der Waals surface area contributed by atoms with Crippen molar-refractivity contribution in [1.29, 1.82) is 0 Å². The number of halogens is 3. The molecule has 2 aromatic carbocycles. The van der Waals surface area contributed by atoms with Crippen LogP contribution in [-0.4, -0.2) is 9.97 Å². The van der Waals surface area contributed by atoms with Crippen LogP contribution >= 0.6 is 0 Å². The molecule has 0 bridgehead atoms. The summed E-state index contributed by atoms with van der Waals surface area (Å²) >= 11 is 0. The van der Waals surface area contributed by atoms with Crippen LogP contribution in [0, 0.1) is 6.92 Å². The number of rotatable bonds is 2. The van der Waals surface area contributed by atoms with Gasteiger partial charge in [-0.25, -0.2) is 9.97 Å². The van der Waals surface area contributed by atoms with E-state index in [4.69, 9.17) is 5.73 Å². The molecule has 1 aliphatic carbocycles. The number of nitrogens with two attached hydrogens (primary N) is 1. The maximum absolute atomic E-state index is 12.9. The first-order valence-electron chi connectivity index (χ1n) is 9.41. The minimum atomic E-state index is -4.56. The molecule has 6 heteroatoms. The number of allylic oxidation sites excluding steroid dienone is 1. The van der Waals surface area contributed by atoms with Crippen molar-refractivity contribution in [2.75, 3.05) is 5.73 Å². The van der Waals surface area contributed by atoms with Gasteiger partial charge in [-0.05, 0) is 66.2 Å². The van der Waals surface area contributed by atoms with Gasteiger partial charge in [-0.1, -0.05) is 35.9 Å². The highest BCUT2D eigenvalue weighted by Crippen LogP contribution is 2.40. The van der Waals surface area contributed by atoms with Crippen molar-refractivity contribution in [2.45, 2.75) is 32.4 Å². The van der Waals surface area contributed by atoms with E-state index in [2.05, 4.69) is 9.97 Å². The third-order valence-electron chi connectivity index (χ3n) is 5.17. The number of fused-ring (bicyclic) bond motifs is 1. The molecule has 0 atom stereocenters. The zero-order valence-electron chi connectivity index (χ0n) is 15.9. The molecule has 29 heavy (non-hydrogen) atoms. The number of benzene rings is 2. The number of anilines is 1. The number of aryl methyl sites for hydroxylation is 2. The summed E-state index contributed by atoms with van der Waals surface area (Å²) in [7, 11) is 0. The fourth-order valence-corrected chi connectivity index (χ4v) is 3.78. The van der Waals surface area contributed by atoms with Gasteiger partial charge < -0.3 is 5.73 Å². The monoisotopic (exact) mass is 395 g/mol. The molecule has 0 saturated carbocycles. The summed E-state index contributed by atoms with van der Waals surface area (Å²) in [5.74, 6) is -1.12. The summed E-state index contributed by atoms with van der Waals surface area (Å²) in [6, 6.07) is 14.0. The average molecular weight is 395 g/mol. The van der Waals surface area contributed by atoms with Gasteiger partial charge in [-0.3, -0.25) is 0 Å². The van der Waals surface area contributed by atoms with Gasteiger partial charge in [0.15, 0.2) is 0 Å². The van der Waals surface area contributed by atoms with E-state index in [-0.39, 0.29) is 0 Å². The zero-order chi connectivity index (χ0) is 20.6. The molecule has 4 rings (SSSR count). The summed E-state index contributed by atoms with van der Waals surface area (Å²) in [5.41, 5.74) is 13.6. The van der Waals surface area contributed by atoms with Crippen molar-refractivity contribution >= 4 is 16.8 Å². The van der Waals surface area contributed by atoms with Crippen molar-refractivity contribution in [3.8, 4) is 0 Å². The molecule has 0 radical (unpaired) electrons. The Morgan fingerprint density at radius 3 is 2.24 bits per heavy atom. The van der Waals surface area contributed by atoms with Crippen molar-refractivity contribution in [1.82, 2.24) is 9.97 Å². The van der Waals surface area contributed by atoms with Crippen molar-refractivity contribution in [3.05, 3.63) is 88.5 Å². The Kier molecular flexibility index (Phi) is 4.86. The van der Waals surface area contributed by atoms with E-state index in [1.54, 1.807) is 0 Å². The topological polar surface area (TPSA) is 51.8 Å². The van der Waals surface area contributed by atoms with Gasteiger partial charge in [0.25, 0.3) is 0 Å². The van der Waals surface area contributed by atoms with Gasteiger partial charge in [-0.15, -0.1) is 0 Å². The summed E-state index contributed by atoms with van der Waals surface area (Å²) in [6.45, 7) is 2.02. The van der Waals surface area contributed by atoms with E-state index >= 15 is 0 Å². The van der Waals surface area contributed by atoms with E-state index < -0.39 is 12.0 Å². The molecule has 0 saturated heterocycles. The maximum Gasteiger partial charge on any atom is 0.451 e. The second-order valence-electron chi connectivity index (χ2n) is 7.28. The second-order valence-corrected chi connectivity index (χ2v) is 7.28. The smallest absolute Gasteiger partial charge is 0.399 e. The first-order chi connectivity index (χ1) is 13.8. The third-order valence-corrected chi connectivity index (χ3v) is 5.17. The highest BCUT2D eigenvalue weighted by atomic mass is 19.4. The Hall–Kier alpha value is -3.15. The maximum atomic E-state index is 12.9. The van der Waals surface area contributed by atoms with Crippen LogP contribution < -0.4 is 5.73 Å². The molecule has 0 unspecified atom stereocenters. The van der Waals surface area contributed by atoms with Gasteiger partial charge >= 0.3 is 6.18 Å². The minimum absolute atomic E-state index is 0.609. The zero-order valence-corrected chi connectivity index (χ0v) is 15.9. The van der Waals surface area contributed by atoms with E-state index in [9.17, 15) is 13.2 Å².